The molecular weight excluding hydrogens is 248 g/mol. The zero-order chi connectivity index (χ0) is 14.0. The minimum atomic E-state index is -0.527. The number of rotatable bonds is 3. The maximum Gasteiger partial charge on any atom is 0.146 e. The normalized spacial score (nSPS) is 12.2. The highest BCUT2D eigenvalue weighted by molar-refractivity contribution is 5.49. The minimum absolute atomic E-state index is 0.0772. The third-order valence-electron chi connectivity index (χ3n) is 2.95. The molecule has 0 saturated carbocycles. The second-order valence-corrected chi connectivity index (χ2v) is 4.55. The van der Waals surface area contributed by atoms with Gasteiger partial charge in [0.15, 0.2) is 0 Å². The van der Waals surface area contributed by atoms with Crippen LogP contribution >= 0.6 is 0 Å². The summed E-state index contributed by atoms with van der Waals surface area (Å²) in [5.41, 5.74) is 1.71. The number of nitrogens with one attached hydrogen (secondary N) is 1. The van der Waals surface area contributed by atoms with Crippen molar-refractivity contribution in [3.05, 3.63) is 59.2 Å². The van der Waals surface area contributed by atoms with Crippen molar-refractivity contribution in [2.24, 2.45) is 0 Å². The lowest BCUT2D eigenvalue weighted by Gasteiger charge is -2.18. The van der Waals surface area contributed by atoms with Crippen molar-refractivity contribution in [2.75, 3.05) is 5.32 Å². The van der Waals surface area contributed by atoms with Gasteiger partial charge in [-0.3, -0.25) is 0 Å². The zero-order valence-electron chi connectivity index (χ0n) is 10.7. The summed E-state index contributed by atoms with van der Waals surface area (Å²) in [6.45, 7) is 3.68. The maximum atomic E-state index is 13.5. The van der Waals surface area contributed by atoms with Crippen LogP contribution in [0.15, 0.2) is 36.4 Å². The van der Waals surface area contributed by atoms with Gasteiger partial charge in [-0.2, -0.15) is 0 Å². The molecule has 100 valence electrons. The Kier molecular flexibility index (Phi) is 3.69. The number of halogens is 2. The van der Waals surface area contributed by atoms with Crippen molar-refractivity contribution in [3.63, 3.8) is 0 Å². The molecule has 0 radical (unpaired) electrons. The van der Waals surface area contributed by atoms with Gasteiger partial charge in [0.25, 0.3) is 0 Å². The number of phenols is 1. The average Bonchev–Trinajstić information content (AvgIpc) is 2.36. The Labute approximate surface area is 110 Å². The number of benzene rings is 2. The zero-order valence-corrected chi connectivity index (χ0v) is 10.7. The Balaban J connectivity index is 2.27. The van der Waals surface area contributed by atoms with E-state index in [1.807, 2.05) is 13.0 Å². The first kappa shape index (κ1) is 13.3. The van der Waals surface area contributed by atoms with Crippen LogP contribution in [0.1, 0.15) is 24.1 Å². The number of phenolic OH excluding ortho intramolecular Hbond substituents is 1. The van der Waals surface area contributed by atoms with E-state index >= 15 is 0 Å². The number of aryl methyl sites for hydroxylation is 1. The first-order valence-corrected chi connectivity index (χ1v) is 5.98. The summed E-state index contributed by atoms with van der Waals surface area (Å²) in [5, 5.41) is 12.7. The predicted molar refractivity (Wildman–Crippen MR) is 71.2 cm³/mol. The first-order chi connectivity index (χ1) is 8.97. The standard InChI is InChI=1S/C15H15F2NO/c1-9-3-6-15(19)12(7-9)10(2)18-14-8-11(16)4-5-13(14)17/h3-8,10,18-19H,1-2H3. The van der Waals surface area contributed by atoms with Gasteiger partial charge in [0.05, 0.1) is 11.7 Å². The molecule has 0 bridgehead atoms. The van der Waals surface area contributed by atoms with E-state index in [9.17, 15) is 13.9 Å². The first-order valence-electron chi connectivity index (χ1n) is 5.98. The van der Waals surface area contributed by atoms with Crippen molar-refractivity contribution in [1.29, 1.82) is 0 Å². The van der Waals surface area contributed by atoms with Gasteiger partial charge in [-0.15, -0.1) is 0 Å². The molecule has 1 atom stereocenters. The van der Waals surface area contributed by atoms with Crippen LogP contribution in [0.3, 0.4) is 0 Å². The van der Waals surface area contributed by atoms with Gasteiger partial charge >= 0.3 is 0 Å². The fourth-order valence-corrected chi connectivity index (χ4v) is 1.94. The molecule has 0 spiro atoms. The van der Waals surface area contributed by atoms with Crippen LogP contribution in [0, 0.1) is 18.6 Å². The van der Waals surface area contributed by atoms with Crippen LogP contribution in [0.2, 0.25) is 0 Å². The fraction of sp³-hybridized carbons (Fsp3) is 0.200. The van der Waals surface area contributed by atoms with E-state index in [0.717, 1.165) is 23.8 Å². The maximum absolute atomic E-state index is 13.5. The predicted octanol–water partition coefficient (Wildman–Crippen LogP) is 4.15. The van der Waals surface area contributed by atoms with Crippen LogP contribution in [0.5, 0.6) is 5.75 Å². The summed E-state index contributed by atoms with van der Waals surface area (Å²) in [6.07, 6.45) is 0. The highest BCUT2D eigenvalue weighted by Gasteiger charge is 2.13. The molecule has 1 unspecified atom stereocenters. The summed E-state index contributed by atoms with van der Waals surface area (Å²) in [4.78, 5) is 0. The van der Waals surface area contributed by atoms with Crippen LogP contribution in [-0.4, -0.2) is 5.11 Å². The largest absolute Gasteiger partial charge is 0.508 e. The van der Waals surface area contributed by atoms with Crippen molar-refractivity contribution in [2.45, 2.75) is 19.9 Å². The fourth-order valence-electron chi connectivity index (χ4n) is 1.94. The molecule has 0 aromatic heterocycles. The van der Waals surface area contributed by atoms with E-state index in [1.54, 1.807) is 19.1 Å². The van der Waals surface area contributed by atoms with Crippen molar-refractivity contribution in [1.82, 2.24) is 0 Å². The topological polar surface area (TPSA) is 32.3 Å². The Morgan fingerprint density at radius 3 is 2.58 bits per heavy atom. The highest BCUT2D eigenvalue weighted by atomic mass is 19.1. The summed E-state index contributed by atoms with van der Waals surface area (Å²) in [7, 11) is 0. The van der Waals surface area contributed by atoms with Crippen molar-refractivity contribution >= 4 is 5.69 Å². The van der Waals surface area contributed by atoms with E-state index in [0.29, 0.717) is 5.56 Å². The van der Waals surface area contributed by atoms with Crippen molar-refractivity contribution < 1.29 is 13.9 Å². The molecule has 2 N–H and O–H groups in total. The van der Waals surface area contributed by atoms with Crippen LogP contribution in [0.25, 0.3) is 0 Å². The molecule has 19 heavy (non-hydrogen) atoms. The van der Waals surface area contributed by atoms with Gasteiger partial charge in [0.1, 0.15) is 17.4 Å². The number of anilines is 1. The third kappa shape index (κ3) is 3.02. The average molecular weight is 263 g/mol. The molecule has 4 heteroatoms. The monoisotopic (exact) mass is 263 g/mol. The van der Waals surface area contributed by atoms with E-state index in [2.05, 4.69) is 5.32 Å². The molecule has 2 nitrogen and oxygen atoms in total. The Bertz CT molecular complexity index is 599. The van der Waals surface area contributed by atoms with Crippen LogP contribution in [0.4, 0.5) is 14.5 Å². The molecule has 0 aliphatic heterocycles. The van der Waals surface area contributed by atoms with E-state index < -0.39 is 11.6 Å². The summed E-state index contributed by atoms with van der Waals surface area (Å²) < 4.78 is 26.6. The number of aromatic hydroxyl groups is 1. The SMILES string of the molecule is Cc1ccc(O)c(C(C)Nc2cc(F)ccc2F)c1. The summed E-state index contributed by atoms with van der Waals surface area (Å²) >= 11 is 0. The van der Waals surface area contributed by atoms with Gasteiger partial charge in [0, 0.05) is 5.56 Å². The molecule has 2 rings (SSSR count). The Morgan fingerprint density at radius 1 is 1.11 bits per heavy atom. The van der Waals surface area contributed by atoms with Gasteiger partial charge in [-0.05, 0) is 38.1 Å². The smallest absolute Gasteiger partial charge is 0.146 e. The molecule has 2 aromatic carbocycles. The molecule has 0 fully saturated rings. The number of hydrogen-bond donors (Lipinski definition) is 2. The van der Waals surface area contributed by atoms with E-state index in [1.165, 1.54) is 0 Å². The Hall–Kier alpha value is -2.10. The molecule has 0 amide bonds. The molecular formula is C15H15F2NO. The summed E-state index contributed by atoms with van der Waals surface area (Å²) in [5.74, 6) is -0.910. The van der Waals surface area contributed by atoms with Gasteiger partial charge in [0.2, 0.25) is 0 Å². The molecule has 0 aliphatic carbocycles. The lowest BCUT2D eigenvalue weighted by atomic mass is 10.0. The molecule has 2 aromatic rings. The van der Waals surface area contributed by atoms with E-state index in [4.69, 9.17) is 0 Å². The molecule has 0 heterocycles. The van der Waals surface area contributed by atoms with Crippen molar-refractivity contribution in [3.8, 4) is 5.75 Å². The van der Waals surface area contributed by atoms with Gasteiger partial charge in [-0.25, -0.2) is 8.78 Å². The molecule has 0 aliphatic rings. The lowest BCUT2D eigenvalue weighted by molar-refractivity contribution is 0.465. The quantitative estimate of drug-likeness (QED) is 0.871. The summed E-state index contributed by atoms with van der Waals surface area (Å²) in [6, 6.07) is 8.08. The van der Waals surface area contributed by atoms with Crippen LogP contribution in [-0.2, 0) is 0 Å². The van der Waals surface area contributed by atoms with Gasteiger partial charge < -0.3 is 10.4 Å². The molecule has 0 saturated heterocycles. The number of hydrogen-bond acceptors (Lipinski definition) is 2. The van der Waals surface area contributed by atoms with Gasteiger partial charge in [-0.1, -0.05) is 17.7 Å². The third-order valence-corrected chi connectivity index (χ3v) is 2.95. The lowest BCUT2D eigenvalue weighted by Crippen LogP contribution is -2.08. The van der Waals surface area contributed by atoms with Crippen LogP contribution < -0.4 is 5.32 Å². The highest BCUT2D eigenvalue weighted by Crippen LogP contribution is 2.28. The van der Waals surface area contributed by atoms with E-state index in [-0.39, 0.29) is 17.5 Å². The second kappa shape index (κ2) is 5.26. The second-order valence-electron chi connectivity index (χ2n) is 4.55. The minimum Gasteiger partial charge on any atom is -0.508 e. The Morgan fingerprint density at radius 2 is 1.84 bits per heavy atom.